The fraction of sp³-hybridized carbons (Fsp3) is 0.963. The fourth-order valence-electron chi connectivity index (χ4n) is 3.95. The van der Waals surface area contributed by atoms with E-state index in [1.807, 2.05) is 21.1 Å². The number of carbonyl (C=O) groups is 1. The average Bonchev–Trinajstić information content (AvgIpc) is 2.79. The first-order valence-corrected chi connectivity index (χ1v) is 15.9. The van der Waals surface area contributed by atoms with Crippen LogP contribution in [0.2, 0.25) is 0 Å². The Bertz CT molecular complexity index is 554. The molecule has 0 aliphatic rings. The summed E-state index contributed by atoms with van der Waals surface area (Å²) in [6.07, 6.45) is 18.4. The quantitative estimate of drug-likeness (QED) is 0.0974. The highest BCUT2D eigenvalue weighted by atomic mass is 31.2. The van der Waals surface area contributed by atoms with Gasteiger partial charge >= 0.3 is 0 Å². The Labute approximate surface area is 216 Å². The van der Waals surface area contributed by atoms with Crippen LogP contribution in [-0.2, 0) is 18.6 Å². The highest BCUT2D eigenvalue weighted by molar-refractivity contribution is 7.51. The molecular weight excluding hydrogens is 463 g/mol. The van der Waals surface area contributed by atoms with Gasteiger partial charge in [-0.2, -0.15) is 0 Å². The van der Waals surface area contributed by atoms with Crippen molar-refractivity contribution in [3.8, 4) is 0 Å². The zero-order valence-electron chi connectivity index (χ0n) is 23.7. The molecule has 7 nitrogen and oxygen atoms in total. The van der Waals surface area contributed by atoms with Crippen molar-refractivity contribution in [2.24, 2.45) is 5.92 Å². The molecule has 0 aromatic heterocycles. The first-order valence-electron chi connectivity index (χ1n) is 14.2. The van der Waals surface area contributed by atoms with Crippen LogP contribution >= 0.6 is 7.60 Å². The van der Waals surface area contributed by atoms with Gasteiger partial charge in [0.15, 0.2) is 0 Å². The van der Waals surface area contributed by atoms with Crippen molar-refractivity contribution in [3.63, 3.8) is 0 Å². The molecule has 0 saturated heterocycles. The van der Waals surface area contributed by atoms with Gasteiger partial charge in [-0.25, -0.2) is 0 Å². The van der Waals surface area contributed by atoms with E-state index in [4.69, 9.17) is 9.26 Å². The van der Waals surface area contributed by atoms with Gasteiger partial charge in [0, 0.05) is 19.8 Å². The fourth-order valence-corrected chi connectivity index (χ4v) is 5.07. The molecule has 2 atom stereocenters. The summed E-state index contributed by atoms with van der Waals surface area (Å²) in [6, 6.07) is 0. The molecule has 0 bridgehead atoms. The van der Waals surface area contributed by atoms with Gasteiger partial charge in [0.25, 0.3) is 0 Å². The number of quaternary nitrogens is 1. The summed E-state index contributed by atoms with van der Waals surface area (Å²) in [4.78, 5) is 24.3. The number of amides is 1. The van der Waals surface area contributed by atoms with Gasteiger partial charge < -0.3 is 28.5 Å². The highest BCUT2D eigenvalue weighted by Gasteiger charge is 2.21. The monoisotopic (exact) mass is 520 g/mol. The van der Waals surface area contributed by atoms with Gasteiger partial charge in [0.2, 0.25) is 5.91 Å². The summed E-state index contributed by atoms with van der Waals surface area (Å²) in [6.45, 7) is 3.88. The van der Waals surface area contributed by atoms with Crippen molar-refractivity contribution in [2.45, 2.75) is 103 Å². The van der Waals surface area contributed by atoms with Crippen LogP contribution in [0.25, 0.3) is 0 Å². The van der Waals surface area contributed by atoms with Crippen molar-refractivity contribution in [1.82, 2.24) is 5.32 Å². The maximum atomic E-state index is 12.2. The van der Waals surface area contributed by atoms with Crippen LogP contribution in [0.1, 0.15) is 103 Å². The highest BCUT2D eigenvalue weighted by Crippen LogP contribution is 2.38. The van der Waals surface area contributed by atoms with Crippen LogP contribution in [0, 0.1) is 5.92 Å². The van der Waals surface area contributed by atoms with Crippen LogP contribution < -0.4 is 10.2 Å². The van der Waals surface area contributed by atoms with E-state index in [9.17, 15) is 14.3 Å². The lowest BCUT2D eigenvalue weighted by Gasteiger charge is -2.28. The Kier molecular flexibility index (Phi) is 21.3. The molecule has 1 amide bonds. The minimum absolute atomic E-state index is 0.148. The Balaban J connectivity index is 3.80. The van der Waals surface area contributed by atoms with E-state index in [0.717, 1.165) is 12.8 Å². The summed E-state index contributed by atoms with van der Waals surface area (Å²) in [5.74, 6) is -0.659. The summed E-state index contributed by atoms with van der Waals surface area (Å²) in [7, 11) is 3.56. The molecule has 0 heterocycles. The molecular formula is C27H57N2O5P. The van der Waals surface area contributed by atoms with E-state index >= 15 is 0 Å². The topological polar surface area (TPSA) is 87.7 Å². The smallest absolute Gasteiger partial charge is 0.225 e. The van der Waals surface area contributed by atoms with E-state index < -0.39 is 13.5 Å². The number of ether oxygens (including phenoxy) is 1. The van der Waals surface area contributed by atoms with Crippen molar-refractivity contribution in [3.05, 3.63) is 0 Å². The van der Waals surface area contributed by atoms with Crippen molar-refractivity contribution in [1.29, 1.82) is 0 Å². The molecule has 0 radical (unpaired) electrons. The molecule has 1 N–H and O–H groups in total. The third kappa shape index (κ3) is 23.7. The molecule has 35 heavy (non-hydrogen) atoms. The summed E-state index contributed by atoms with van der Waals surface area (Å²) < 4.78 is 23.7. The van der Waals surface area contributed by atoms with Crippen LogP contribution in [-0.4, -0.2) is 71.1 Å². The molecule has 0 aromatic rings. The Morgan fingerprint density at radius 1 is 0.857 bits per heavy atom. The molecule has 0 saturated carbocycles. The maximum absolute atomic E-state index is 12.2. The third-order valence-electron chi connectivity index (χ3n) is 6.38. The summed E-state index contributed by atoms with van der Waals surface area (Å²) in [5.41, 5.74) is 0. The van der Waals surface area contributed by atoms with E-state index in [1.165, 1.54) is 77.0 Å². The zero-order chi connectivity index (χ0) is 26.4. The zero-order valence-corrected chi connectivity index (χ0v) is 24.5. The molecule has 0 aliphatic carbocycles. The number of rotatable bonds is 25. The number of likely N-dealkylation sites (N-methyl/N-ethyl adjacent to an activating group) is 1. The average molecular weight is 521 g/mol. The molecule has 0 aliphatic heterocycles. The molecule has 0 rings (SSSR count). The van der Waals surface area contributed by atoms with Crippen LogP contribution in [0.3, 0.4) is 0 Å². The predicted octanol–water partition coefficient (Wildman–Crippen LogP) is 5.51. The second-order valence-electron chi connectivity index (χ2n) is 11.0. The first kappa shape index (κ1) is 34.5. The second kappa shape index (κ2) is 21.6. The van der Waals surface area contributed by atoms with Crippen LogP contribution in [0.5, 0.6) is 0 Å². The molecule has 0 spiro atoms. The van der Waals surface area contributed by atoms with Crippen LogP contribution in [0.4, 0.5) is 0 Å². The SMILES string of the molecule is CCCCCCCCCCCCCCCCOC[C@H](CCP(=O)([O-])OCC[N+](C)(C)C)C(=O)NC. The Morgan fingerprint density at radius 3 is 1.80 bits per heavy atom. The standard InChI is InChI=1S/C27H57N2O5P/c1-6-7-8-9-10-11-12-13-14-15-16-17-18-19-22-33-25-26(27(30)28-2)20-24-35(31,32)34-23-21-29(3,4)5/h26H,6-25H2,1-5H3,(H-,28,30,31,32)/t26-/m0/s1. The van der Waals surface area contributed by atoms with Crippen LogP contribution in [0.15, 0.2) is 0 Å². The number of unbranched alkanes of at least 4 members (excludes halogenated alkanes) is 13. The second-order valence-corrected chi connectivity index (χ2v) is 12.9. The minimum Gasteiger partial charge on any atom is -0.778 e. The lowest BCUT2D eigenvalue weighted by atomic mass is 10.0. The largest absolute Gasteiger partial charge is 0.778 e. The third-order valence-corrected chi connectivity index (χ3v) is 7.76. The van der Waals surface area contributed by atoms with Gasteiger partial charge in [-0.15, -0.1) is 0 Å². The van der Waals surface area contributed by atoms with Crippen molar-refractivity contribution >= 4 is 13.5 Å². The van der Waals surface area contributed by atoms with E-state index in [2.05, 4.69) is 12.2 Å². The first-order chi connectivity index (χ1) is 16.6. The normalized spacial score (nSPS) is 14.6. The summed E-state index contributed by atoms with van der Waals surface area (Å²) in [5, 5.41) is 2.62. The number of nitrogens with one attached hydrogen (secondary N) is 1. The van der Waals surface area contributed by atoms with Crippen molar-refractivity contribution < 1.29 is 28.0 Å². The Hall–Kier alpha value is -0.460. The number of nitrogens with zero attached hydrogens (tertiary/aromatic N) is 1. The molecule has 8 heteroatoms. The van der Waals surface area contributed by atoms with Gasteiger partial charge in [-0.1, -0.05) is 90.4 Å². The number of hydrogen-bond donors (Lipinski definition) is 1. The maximum Gasteiger partial charge on any atom is 0.225 e. The minimum atomic E-state index is -3.95. The lowest BCUT2D eigenvalue weighted by molar-refractivity contribution is -0.870. The van der Waals surface area contributed by atoms with Gasteiger partial charge in [0.1, 0.15) is 20.7 Å². The van der Waals surface area contributed by atoms with Crippen molar-refractivity contribution in [2.75, 3.05) is 60.7 Å². The van der Waals surface area contributed by atoms with E-state index in [1.54, 1.807) is 7.05 Å². The molecule has 210 valence electrons. The van der Waals surface area contributed by atoms with E-state index in [0.29, 0.717) is 17.6 Å². The van der Waals surface area contributed by atoms with E-state index in [-0.39, 0.29) is 31.7 Å². The molecule has 0 fully saturated rings. The van der Waals surface area contributed by atoms with Gasteiger partial charge in [0.05, 0.1) is 33.7 Å². The van der Waals surface area contributed by atoms with Gasteiger partial charge in [-0.05, 0) is 12.8 Å². The molecule has 1 unspecified atom stereocenters. The lowest BCUT2D eigenvalue weighted by Crippen LogP contribution is -2.37. The van der Waals surface area contributed by atoms with Gasteiger partial charge in [-0.3, -0.25) is 4.79 Å². The predicted molar refractivity (Wildman–Crippen MR) is 145 cm³/mol. The number of carbonyl (C=O) groups excluding carboxylic acids is 1. The summed E-state index contributed by atoms with van der Waals surface area (Å²) >= 11 is 0. The Morgan fingerprint density at radius 2 is 1.34 bits per heavy atom. The number of hydrogen-bond acceptors (Lipinski definition) is 5. The molecule has 0 aromatic carbocycles.